The number of ether oxygens (including phenoxy) is 1. The van der Waals surface area contributed by atoms with Crippen molar-refractivity contribution in [2.75, 3.05) is 13.2 Å². The van der Waals surface area contributed by atoms with Crippen LogP contribution < -0.4 is 5.73 Å². The predicted molar refractivity (Wildman–Crippen MR) is 57.3 cm³/mol. The van der Waals surface area contributed by atoms with Crippen LogP contribution in [-0.4, -0.2) is 23.4 Å². The van der Waals surface area contributed by atoms with Crippen LogP contribution in [0.2, 0.25) is 0 Å². The third kappa shape index (κ3) is 2.26. The van der Waals surface area contributed by atoms with Gasteiger partial charge in [0.15, 0.2) is 0 Å². The highest BCUT2D eigenvalue weighted by Gasteiger charge is 2.20. The molecule has 2 rings (SSSR count). The third-order valence-corrected chi connectivity index (χ3v) is 3.25. The van der Waals surface area contributed by atoms with E-state index in [1.165, 1.54) is 0 Å². The number of hydrogen-bond donors (Lipinski definition) is 1. The average molecular weight is 210 g/mol. The summed E-state index contributed by atoms with van der Waals surface area (Å²) in [5.74, 6) is 0. The van der Waals surface area contributed by atoms with Crippen molar-refractivity contribution in [3.8, 4) is 0 Å². The minimum Gasteiger partial charge on any atom is -0.379 e. The molecule has 0 aliphatic carbocycles. The first kappa shape index (κ1) is 9.96. The fourth-order valence-electron chi connectivity index (χ4n) is 1.23. The van der Waals surface area contributed by atoms with Gasteiger partial charge in [-0.25, -0.2) is 4.98 Å². The second kappa shape index (κ2) is 4.29. The van der Waals surface area contributed by atoms with E-state index < -0.39 is 0 Å². The maximum Gasteiger partial charge on any atom is 0.0967 e. The molecule has 14 heavy (non-hydrogen) atoms. The van der Waals surface area contributed by atoms with Crippen LogP contribution in [0.5, 0.6) is 0 Å². The molecule has 0 bridgehead atoms. The van der Waals surface area contributed by atoms with Gasteiger partial charge in [-0.05, 0) is 24.6 Å². The molecular weight excluding hydrogens is 196 g/mol. The minimum absolute atomic E-state index is 0.0787. The lowest BCUT2D eigenvalue weighted by Crippen LogP contribution is -2.30. The van der Waals surface area contributed by atoms with Crippen molar-refractivity contribution in [1.29, 1.82) is 0 Å². The summed E-state index contributed by atoms with van der Waals surface area (Å²) in [5.41, 5.74) is 6.94. The first-order valence-corrected chi connectivity index (χ1v) is 5.59. The van der Waals surface area contributed by atoms with Gasteiger partial charge in [-0.15, -0.1) is 0 Å². The zero-order valence-corrected chi connectivity index (χ0v) is 8.96. The van der Waals surface area contributed by atoms with Gasteiger partial charge in [0.1, 0.15) is 0 Å². The van der Waals surface area contributed by atoms with Crippen LogP contribution >= 0.6 is 11.8 Å². The van der Waals surface area contributed by atoms with Crippen LogP contribution in [0.4, 0.5) is 0 Å². The first-order valence-electron chi connectivity index (χ1n) is 4.71. The quantitative estimate of drug-likeness (QED) is 0.823. The smallest absolute Gasteiger partial charge is 0.0967 e. The third-order valence-electron chi connectivity index (χ3n) is 2.18. The number of rotatable bonds is 3. The predicted octanol–water partition coefficient (Wildman–Crippen LogP) is 1.59. The Balaban J connectivity index is 2.05. The van der Waals surface area contributed by atoms with Crippen LogP contribution in [0, 0.1) is 0 Å². The highest BCUT2D eigenvalue weighted by molar-refractivity contribution is 8.00. The fourth-order valence-corrected chi connectivity index (χ4v) is 2.22. The number of thioether (sulfide) groups is 1. The van der Waals surface area contributed by atoms with Gasteiger partial charge in [-0.1, -0.05) is 11.8 Å². The van der Waals surface area contributed by atoms with Crippen molar-refractivity contribution < 1.29 is 4.74 Å². The van der Waals surface area contributed by atoms with Gasteiger partial charge in [-0.3, -0.25) is 0 Å². The summed E-state index contributed by atoms with van der Waals surface area (Å²) in [7, 11) is 0. The number of nitrogens with zero attached hydrogens (tertiary/aromatic N) is 1. The lowest BCUT2D eigenvalue weighted by molar-refractivity contribution is 0.0454. The molecule has 3 nitrogen and oxygen atoms in total. The van der Waals surface area contributed by atoms with Crippen molar-refractivity contribution in [2.24, 2.45) is 5.73 Å². The molecule has 1 aromatic rings. The molecule has 1 aliphatic heterocycles. The summed E-state index contributed by atoms with van der Waals surface area (Å²) in [6, 6.07) is 4.11. The van der Waals surface area contributed by atoms with Gasteiger partial charge < -0.3 is 10.5 Å². The average Bonchev–Trinajstić information content (AvgIpc) is 2.12. The normalized spacial score (nSPS) is 19.0. The number of nitrogens with two attached hydrogens (primary N) is 1. The molecule has 1 saturated heterocycles. The lowest BCUT2D eigenvalue weighted by Gasteiger charge is -2.24. The van der Waals surface area contributed by atoms with E-state index in [1.54, 1.807) is 11.8 Å². The molecule has 0 saturated carbocycles. The van der Waals surface area contributed by atoms with E-state index in [0.717, 1.165) is 23.8 Å². The van der Waals surface area contributed by atoms with Gasteiger partial charge in [0.25, 0.3) is 0 Å². The minimum atomic E-state index is 0.0787. The van der Waals surface area contributed by atoms with Crippen molar-refractivity contribution in [2.45, 2.75) is 23.2 Å². The van der Waals surface area contributed by atoms with Crippen LogP contribution in [0.1, 0.15) is 18.5 Å². The SMILES string of the molecule is C[C@@H](N)c1ccnc(SC2COC2)c1. The standard InChI is InChI=1S/C10H14N2OS/c1-7(11)8-2-3-12-10(4-8)14-9-5-13-6-9/h2-4,7,9H,5-6,11H2,1H3/t7-/m1/s1. The van der Waals surface area contributed by atoms with Gasteiger partial charge in [0.05, 0.1) is 23.5 Å². The zero-order valence-electron chi connectivity index (χ0n) is 8.14. The fraction of sp³-hybridized carbons (Fsp3) is 0.500. The second-order valence-corrected chi connectivity index (χ2v) is 4.81. The molecule has 2 heterocycles. The molecule has 0 aromatic carbocycles. The van der Waals surface area contributed by atoms with E-state index in [2.05, 4.69) is 11.1 Å². The van der Waals surface area contributed by atoms with E-state index in [0.29, 0.717) is 5.25 Å². The molecule has 4 heteroatoms. The molecule has 0 spiro atoms. The molecule has 1 fully saturated rings. The van der Waals surface area contributed by atoms with Crippen molar-refractivity contribution in [3.63, 3.8) is 0 Å². The summed E-state index contributed by atoms with van der Waals surface area (Å²) in [6.45, 7) is 3.67. The van der Waals surface area contributed by atoms with Crippen LogP contribution in [0.15, 0.2) is 23.4 Å². The highest BCUT2D eigenvalue weighted by atomic mass is 32.2. The van der Waals surface area contributed by atoms with Crippen molar-refractivity contribution >= 4 is 11.8 Å². The molecule has 0 unspecified atom stereocenters. The summed E-state index contributed by atoms with van der Waals surface area (Å²) >= 11 is 1.77. The Morgan fingerprint density at radius 1 is 1.64 bits per heavy atom. The topological polar surface area (TPSA) is 48.1 Å². The van der Waals surface area contributed by atoms with Crippen molar-refractivity contribution in [1.82, 2.24) is 4.98 Å². The Kier molecular flexibility index (Phi) is 3.05. The molecule has 1 aliphatic rings. The van der Waals surface area contributed by atoms with Gasteiger partial charge in [0, 0.05) is 12.2 Å². The Morgan fingerprint density at radius 3 is 3.00 bits per heavy atom. The van der Waals surface area contributed by atoms with Crippen molar-refractivity contribution in [3.05, 3.63) is 23.9 Å². The Morgan fingerprint density at radius 2 is 2.43 bits per heavy atom. The molecule has 2 N–H and O–H groups in total. The molecule has 1 aromatic heterocycles. The van der Waals surface area contributed by atoms with Gasteiger partial charge in [0.2, 0.25) is 0 Å². The zero-order chi connectivity index (χ0) is 9.97. The maximum atomic E-state index is 5.80. The number of pyridine rings is 1. The summed E-state index contributed by atoms with van der Waals surface area (Å²) < 4.78 is 5.11. The Bertz CT molecular complexity index is 313. The van der Waals surface area contributed by atoms with E-state index >= 15 is 0 Å². The molecule has 0 radical (unpaired) electrons. The molecular formula is C10H14N2OS. The number of hydrogen-bond acceptors (Lipinski definition) is 4. The number of aromatic nitrogens is 1. The summed E-state index contributed by atoms with van der Waals surface area (Å²) in [5, 5.41) is 1.62. The van der Waals surface area contributed by atoms with Crippen LogP contribution in [-0.2, 0) is 4.74 Å². The maximum absolute atomic E-state index is 5.80. The Hall–Kier alpha value is -0.580. The molecule has 76 valence electrons. The first-order chi connectivity index (χ1) is 6.75. The van der Waals surface area contributed by atoms with E-state index in [-0.39, 0.29) is 6.04 Å². The summed E-state index contributed by atoms with van der Waals surface area (Å²) in [4.78, 5) is 4.30. The highest BCUT2D eigenvalue weighted by Crippen LogP contribution is 2.27. The van der Waals surface area contributed by atoms with E-state index in [9.17, 15) is 0 Å². The van der Waals surface area contributed by atoms with E-state index in [4.69, 9.17) is 10.5 Å². The van der Waals surface area contributed by atoms with Crippen LogP contribution in [0.25, 0.3) is 0 Å². The van der Waals surface area contributed by atoms with Gasteiger partial charge in [-0.2, -0.15) is 0 Å². The molecule has 0 amide bonds. The van der Waals surface area contributed by atoms with Crippen LogP contribution in [0.3, 0.4) is 0 Å². The molecule has 1 atom stereocenters. The Labute approximate surface area is 88.0 Å². The monoisotopic (exact) mass is 210 g/mol. The van der Waals surface area contributed by atoms with E-state index in [1.807, 2.05) is 19.2 Å². The second-order valence-electron chi connectivity index (χ2n) is 3.49. The lowest BCUT2D eigenvalue weighted by atomic mass is 10.1. The largest absolute Gasteiger partial charge is 0.379 e. The summed E-state index contributed by atoms with van der Waals surface area (Å²) in [6.07, 6.45) is 1.82. The van der Waals surface area contributed by atoms with Gasteiger partial charge >= 0.3 is 0 Å².